The molecule has 0 aliphatic heterocycles. The molecular formula is C22H26N4O. The largest absolute Gasteiger partial charge is 0.381 e. The van der Waals surface area contributed by atoms with E-state index in [9.17, 15) is 0 Å². The first-order valence-electron chi connectivity index (χ1n) is 9.23. The Kier molecular flexibility index (Phi) is 7.33. The van der Waals surface area contributed by atoms with Crippen molar-refractivity contribution in [2.75, 3.05) is 18.9 Å². The van der Waals surface area contributed by atoms with Gasteiger partial charge in [0.15, 0.2) is 0 Å². The summed E-state index contributed by atoms with van der Waals surface area (Å²) in [6, 6.07) is 18.7. The van der Waals surface area contributed by atoms with Crippen molar-refractivity contribution in [3.05, 3.63) is 90.0 Å². The summed E-state index contributed by atoms with van der Waals surface area (Å²) in [6.45, 7) is 2.19. The van der Waals surface area contributed by atoms with Crippen molar-refractivity contribution in [3.8, 4) is 0 Å². The summed E-state index contributed by atoms with van der Waals surface area (Å²) in [7, 11) is 1.97. The molecule has 3 rings (SSSR count). The van der Waals surface area contributed by atoms with Gasteiger partial charge in [-0.25, -0.2) is 9.97 Å². The van der Waals surface area contributed by atoms with E-state index in [4.69, 9.17) is 4.74 Å². The van der Waals surface area contributed by atoms with Gasteiger partial charge in [0, 0.05) is 30.2 Å². The van der Waals surface area contributed by atoms with Gasteiger partial charge in [-0.1, -0.05) is 42.5 Å². The lowest BCUT2D eigenvalue weighted by atomic mass is 10.1. The molecule has 0 aliphatic rings. The highest BCUT2D eigenvalue weighted by molar-refractivity contribution is 5.46. The summed E-state index contributed by atoms with van der Waals surface area (Å²) >= 11 is 0. The van der Waals surface area contributed by atoms with Gasteiger partial charge in [-0.15, -0.1) is 0 Å². The first-order valence-corrected chi connectivity index (χ1v) is 9.23. The number of ether oxygens (including phenoxy) is 1. The first kappa shape index (κ1) is 19.0. The summed E-state index contributed by atoms with van der Waals surface area (Å²) in [5, 5.41) is 6.62. The van der Waals surface area contributed by atoms with Crippen LogP contribution in [0, 0.1) is 0 Å². The molecule has 0 bridgehead atoms. The zero-order chi connectivity index (χ0) is 18.7. The first-order chi connectivity index (χ1) is 13.3. The van der Waals surface area contributed by atoms with Gasteiger partial charge in [-0.3, -0.25) is 0 Å². The minimum atomic E-state index is 0.0803. The Balaban J connectivity index is 1.59. The zero-order valence-corrected chi connectivity index (χ0v) is 15.6. The van der Waals surface area contributed by atoms with Crippen LogP contribution in [-0.2, 0) is 17.9 Å². The monoisotopic (exact) mass is 362 g/mol. The molecule has 1 unspecified atom stereocenters. The number of anilines is 1. The van der Waals surface area contributed by atoms with Gasteiger partial charge >= 0.3 is 0 Å². The molecule has 2 N–H and O–H groups in total. The van der Waals surface area contributed by atoms with Crippen LogP contribution in [0.1, 0.15) is 29.2 Å². The molecule has 0 aliphatic carbocycles. The topological polar surface area (TPSA) is 59.1 Å². The highest BCUT2D eigenvalue weighted by Gasteiger charge is 2.11. The lowest BCUT2D eigenvalue weighted by Crippen LogP contribution is -2.14. The number of hydrogen-bond donors (Lipinski definition) is 2. The van der Waals surface area contributed by atoms with Gasteiger partial charge < -0.3 is 15.4 Å². The number of nitrogens with one attached hydrogen (secondary N) is 2. The van der Waals surface area contributed by atoms with Crippen molar-refractivity contribution < 1.29 is 4.74 Å². The van der Waals surface area contributed by atoms with Gasteiger partial charge in [-0.05, 0) is 43.3 Å². The van der Waals surface area contributed by atoms with Gasteiger partial charge in [0.05, 0.1) is 12.7 Å². The van der Waals surface area contributed by atoms with E-state index in [0.29, 0.717) is 13.2 Å². The van der Waals surface area contributed by atoms with E-state index in [1.807, 2.05) is 31.6 Å². The average Bonchev–Trinajstić information content (AvgIpc) is 2.74. The molecule has 0 saturated heterocycles. The smallest absolute Gasteiger partial charge is 0.115 e. The maximum atomic E-state index is 6.25. The molecule has 3 aromatic rings. The van der Waals surface area contributed by atoms with E-state index >= 15 is 0 Å². The van der Waals surface area contributed by atoms with Crippen LogP contribution in [-0.4, -0.2) is 23.6 Å². The predicted molar refractivity (Wildman–Crippen MR) is 108 cm³/mol. The second-order valence-electron chi connectivity index (χ2n) is 6.40. The van der Waals surface area contributed by atoms with Crippen molar-refractivity contribution in [2.24, 2.45) is 0 Å². The van der Waals surface area contributed by atoms with E-state index in [1.54, 1.807) is 6.33 Å². The van der Waals surface area contributed by atoms with Gasteiger partial charge in [0.1, 0.15) is 6.33 Å². The predicted octanol–water partition coefficient (Wildman–Crippen LogP) is 3.96. The average molecular weight is 362 g/mol. The quantitative estimate of drug-likeness (QED) is 0.572. The number of rotatable bonds is 10. The van der Waals surface area contributed by atoms with Gasteiger partial charge in [0.25, 0.3) is 0 Å². The van der Waals surface area contributed by atoms with Crippen molar-refractivity contribution in [1.29, 1.82) is 0 Å². The highest BCUT2D eigenvalue weighted by atomic mass is 16.5. The molecule has 1 atom stereocenters. The summed E-state index contributed by atoms with van der Waals surface area (Å²) in [5.41, 5.74) is 4.47. The number of hydrogen-bond acceptors (Lipinski definition) is 5. The molecular weight excluding hydrogens is 336 g/mol. The number of benzene rings is 2. The molecule has 5 nitrogen and oxygen atoms in total. The molecule has 27 heavy (non-hydrogen) atoms. The Morgan fingerprint density at radius 2 is 1.78 bits per heavy atom. The zero-order valence-electron chi connectivity index (χ0n) is 15.6. The fraction of sp³-hybridized carbons (Fsp3) is 0.273. The summed E-state index contributed by atoms with van der Waals surface area (Å²) in [4.78, 5) is 8.08. The van der Waals surface area contributed by atoms with Crippen LogP contribution in [0.5, 0.6) is 0 Å². The van der Waals surface area contributed by atoms with E-state index in [-0.39, 0.29) is 6.10 Å². The van der Waals surface area contributed by atoms with Crippen molar-refractivity contribution in [1.82, 2.24) is 15.3 Å². The van der Waals surface area contributed by atoms with E-state index in [0.717, 1.165) is 29.8 Å². The Bertz CT molecular complexity index is 796. The molecule has 140 valence electrons. The fourth-order valence-electron chi connectivity index (χ4n) is 2.88. The molecule has 0 saturated carbocycles. The van der Waals surface area contributed by atoms with Crippen molar-refractivity contribution in [2.45, 2.75) is 25.7 Å². The van der Waals surface area contributed by atoms with E-state index in [2.05, 4.69) is 63.1 Å². The Hall–Kier alpha value is -2.76. The third-order valence-electron chi connectivity index (χ3n) is 4.32. The maximum absolute atomic E-state index is 6.25. The second kappa shape index (κ2) is 10.4. The minimum Gasteiger partial charge on any atom is -0.381 e. The molecule has 0 amide bonds. The van der Waals surface area contributed by atoms with Crippen LogP contribution in [0.15, 0.2) is 73.3 Å². The SMILES string of the molecule is CNCCC(OCc1cccc(NCc2cncnc2)c1)c1ccccc1. The standard InChI is InChI=1S/C22H26N4O/c1-23-11-10-22(20-7-3-2-4-8-20)27-16-18-6-5-9-21(12-18)26-15-19-13-24-17-25-14-19/h2-9,12-14,17,22-23,26H,10-11,15-16H2,1H3. The fourth-order valence-corrected chi connectivity index (χ4v) is 2.88. The molecule has 0 radical (unpaired) electrons. The molecule has 0 fully saturated rings. The highest BCUT2D eigenvalue weighted by Crippen LogP contribution is 2.23. The third kappa shape index (κ3) is 6.16. The minimum absolute atomic E-state index is 0.0803. The summed E-state index contributed by atoms with van der Waals surface area (Å²) in [5.74, 6) is 0. The van der Waals surface area contributed by atoms with Crippen LogP contribution in [0.25, 0.3) is 0 Å². The van der Waals surface area contributed by atoms with Crippen LogP contribution in [0.4, 0.5) is 5.69 Å². The van der Waals surface area contributed by atoms with Crippen LogP contribution < -0.4 is 10.6 Å². The van der Waals surface area contributed by atoms with Gasteiger partial charge in [-0.2, -0.15) is 0 Å². The van der Waals surface area contributed by atoms with Crippen LogP contribution >= 0.6 is 0 Å². The molecule has 1 heterocycles. The van der Waals surface area contributed by atoms with Crippen LogP contribution in [0.2, 0.25) is 0 Å². The molecule has 2 aromatic carbocycles. The number of aromatic nitrogens is 2. The van der Waals surface area contributed by atoms with Gasteiger partial charge in [0.2, 0.25) is 0 Å². The normalized spacial score (nSPS) is 11.9. The van der Waals surface area contributed by atoms with Crippen molar-refractivity contribution in [3.63, 3.8) is 0 Å². The molecule has 5 heteroatoms. The van der Waals surface area contributed by atoms with Crippen LogP contribution in [0.3, 0.4) is 0 Å². The van der Waals surface area contributed by atoms with E-state index < -0.39 is 0 Å². The second-order valence-corrected chi connectivity index (χ2v) is 6.40. The maximum Gasteiger partial charge on any atom is 0.115 e. The Morgan fingerprint density at radius 1 is 0.963 bits per heavy atom. The molecule has 0 spiro atoms. The lowest BCUT2D eigenvalue weighted by molar-refractivity contribution is 0.0344. The number of nitrogens with zero attached hydrogens (tertiary/aromatic N) is 2. The Labute approximate surface area is 160 Å². The lowest BCUT2D eigenvalue weighted by Gasteiger charge is -2.19. The Morgan fingerprint density at radius 3 is 2.56 bits per heavy atom. The van der Waals surface area contributed by atoms with Crippen molar-refractivity contribution >= 4 is 5.69 Å². The molecule has 1 aromatic heterocycles. The third-order valence-corrected chi connectivity index (χ3v) is 4.32. The summed E-state index contributed by atoms with van der Waals surface area (Å²) in [6.07, 6.45) is 6.19. The van der Waals surface area contributed by atoms with E-state index in [1.165, 1.54) is 5.56 Å². The summed E-state index contributed by atoms with van der Waals surface area (Å²) < 4.78 is 6.25.